The van der Waals surface area contributed by atoms with Gasteiger partial charge in [-0.2, -0.15) is 16.4 Å². The topological polar surface area (TPSA) is 185 Å². The number of hydrogen-bond acceptors (Lipinski definition) is 12. The second kappa shape index (κ2) is 16.6. The quantitative estimate of drug-likeness (QED) is 0.0396. The smallest absolute Gasteiger partial charge is 0.315 e. The summed E-state index contributed by atoms with van der Waals surface area (Å²) in [5.41, 5.74) is 2.94. The van der Waals surface area contributed by atoms with Gasteiger partial charge in [-0.05, 0) is 31.4 Å². The van der Waals surface area contributed by atoms with Crippen molar-refractivity contribution < 1.29 is 19.1 Å². The predicted molar refractivity (Wildman–Crippen MR) is 201 cm³/mol. The zero-order chi connectivity index (χ0) is 35.9. The van der Waals surface area contributed by atoms with E-state index >= 15 is 0 Å². The van der Waals surface area contributed by atoms with Crippen LogP contribution >= 0.6 is 34.4 Å². The van der Waals surface area contributed by atoms with Crippen LogP contribution in [0.4, 0.5) is 15.6 Å². The summed E-state index contributed by atoms with van der Waals surface area (Å²) < 4.78 is 6.93. The first-order valence-corrected chi connectivity index (χ1v) is 19.6. The zero-order valence-electron chi connectivity index (χ0n) is 27.8. The standard InChI is InChI=1S/C35H35N9O5S3/c45-24(13-14-27-29-26(19-51-27)38-33(48)40-29)8-4-5-16-49-20-37-31(46)23-11-9-21(10-12-23)25-18-52-35(39-25)44-32(47)30(41-42-34-36-15-17-50-34)28(43-44)22-6-2-1-3-7-22/h1-3,6-7,9-12,15,17-18,26-27,29,43H,4-5,8,13-14,16,19-20H2,(H,37,46)(H2,38,40,48). The van der Waals surface area contributed by atoms with Crippen LogP contribution in [0.1, 0.15) is 42.5 Å². The molecule has 0 spiro atoms. The van der Waals surface area contributed by atoms with Crippen LogP contribution in [-0.2, 0) is 9.53 Å². The van der Waals surface area contributed by atoms with Gasteiger partial charge in [-0.25, -0.2) is 14.8 Å². The van der Waals surface area contributed by atoms with E-state index in [2.05, 4.69) is 36.3 Å². The van der Waals surface area contributed by atoms with Crippen molar-refractivity contribution in [2.24, 2.45) is 10.2 Å². The first-order chi connectivity index (χ1) is 25.4. The van der Waals surface area contributed by atoms with Gasteiger partial charge in [-0.15, -0.1) is 32.9 Å². The normalized spacial score (nSPS) is 18.0. The molecule has 17 heteroatoms. The van der Waals surface area contributed by atoms with Crippen molar-refractivity contribution in [3.05, 3.63) is 87.5 Å². The van der Waals surface area contributed by atoms with Gasteiger partial charge in [0.2, 0.25) is 10.3 Å². The minimum absolute atomic E-state index is 0.0620. The number of H-pyrrole nitrogens is 1. The number of hydrogen-bond donors (Lipinski definition) is 4. The highest BCUT2D eigenvalue weighted by molar-refractivity contribution is 8.00. The molecule has 3 aromatic heterocycles. The molecule has 0 radical (unpaired) electrons. The molecule has 0 saturated carbocycles. The number of urea groups is 1. The van der Waals surface area contributed by atoms with Crippen LogP contribution in [0.2, 0.25) is 0 Å². The van der Waals surface area contributed by atoms with E-state index < -0.39 is 5.56 Å². The molecule has 0 bridgehead atoms. The van der Waals surface area contributed by atoms with Crippen molar-refractivity contribution in [1.29, 1.82) is 0 Å². The van der Waals surface area contributed by atoms with Crippen molar-refractivity contribution >= 4 is 63.0 Å². The summed E-state index contributed by atoms with van der Waals surface area (Å²) in [6.45, 7) is 0.498. The fourth-order valence-electron chi connectivity index (χ4n) is 6.00. The number of rotatable bonds is 16. The number of thioether (sulfide) groups is 1. The molecular weight excluding hydrogens is 723 g/mol. The monoisotopic (exact) mass is 757 g/mol. The van der Waals surface area contributed by atoms with Crippen molar-refractivity contribution in [2.45, 2.75) is 49.4 Å². The van der Waals surface area contributed by atoms with Gasteiger partial charge in [0.25, 0.3) is 5.91 Å². The molecule has 2 aliphatic heterocycles. The van der Waals surface area contributed by atoms with Crippen LogP contribution in [-0.4, -0.2) is 73.9 Å². The van der Waals surface area contributed by atoms with E-state index in [1.807, 2.05) is 47.5 Å². The number of thiazole rings is 2. The Bertz CT molecular complexity index is 2100. The highest BCUT2D eigenvalue weighted by atomic mass is 32.2. The fraction of sp³-hybridized carbons (Fsp3) is 0.314. The Kier molecular flexibility index (Phi) is 11.3. The summed E-state index contributed by atoms with van der Waals surface area (Å²) in [5.74, 6) is 0.839. The largest absolute Gasteiger partial charge is 0.361 e. The van der Waals surface area contributed by atoms with E-state index in [-0.39, 0.29) is 47.5 Å². The summed E-state index contributed by atoms with van der Waals surface area (Å²) in [5, 5.41) is 25.0. The minimum atomic E-state index is -0.394. The van der Waals surface area contributed by atoms with Crippen LogP contribution in [0.3, 0.4) is 0 Å². The number of ketones is 1. The summed E-state index contributed by atoms with van der Waals surface area (Å²) in [6.07, 6.45) is 4.85. The van der Waals surface area contributed by atoms with Gasteiger partial charge in [-0.1, -0.05) is 42.5 Å². The number of ether oxygens (including phenoxy) is 1. The third kappa shape index (κ3) is 8.39. The molecule has 5 aromatic rings. The summed E-state index contributed by atoms with van der Waals surface area (Å²) in [4.78, 5) is 58.9. The van der Waals surface area contributed by atoms with Crippen LogP contribution < -0.4 is 21.5 Å². The second-order valence-corrected chi connectivity index (χ2v) is 15.1. The van der Waals surface area contributed by atoms with Crippen molar-refractivity contribution in [1.82, 2.24) is 35.7 Å². The first-order valence-electron chi connectivity index (χ1n) is 16.8. The Balaban J connectivity index is 0.868. The number of nitrogens with zero attached hydrogens (tertiary/aromatic N) is 5. The second-order valence-electron chi connectivity index (χ2n) is 12.2. The Morgan fingerprint density at radius 3 is 2.63 bits per heavy atom. The zero-order valence-corrected chi connectivity index (χ0v) is 30.3. The van der Waals surface area contributed by atoms with Crippen molar-refractivity contribution in [3.63, 3.8) is 0 Å². The van der Waals surface area contributed by atoms with Crippen molar-refractivity contribution in [2.75, 3.05) is 19.1 Å². The molecule has 14 nitrogen and oxygen atoms in total. The van der Waals surface area contributed by atoms with Crippen LogP contribution in [0, 0.1) is 0 Å². The van der Waals surface area contributed by atoms with Gasteiger partial charge >= 0.3 is 11.6 Å². The lowest BCUT2D eigenvalue weighted by Gasteiger charge is -2.16. The number of benzene rings is 2. The van der Waals surface area contributed by atoms with E-state index in [0.29, 0.717) is 46.7 Å². The number of Topliss-reactive ketones (excluding diaryl/α,β-unsaturated/α-hetero) is 1. The number of aromatic amines is 1. The SMILES string of the molecule is O=C(CCCCOCNC(=O)c1ccc(-c2csc(-n3[nH]c(-c4ccccc4)c(N=Nc4nccs4)c3=O)n2)cc1)CCC1SCC2NC(=O)NC21. The Morgan fingerprint density at radius 2 is 1.83 bits per heavy atom. The van der Waals surface area contributed by atoms with Gasteiger partial charge in [-0.3, -0.25) is 19.5 Å². The molecule has 2 fully saturated rings. The highest BCUT2D eigenvalue weighted by Gasteiger charge is 2.42. The highest BCUT2D eigenvalue weighted by Crippen LogP contribution is 2.33. The van der Waals surface area contributed by atoms with Crippen LogP contribution in [0.15, 0.2) is 86.6 Å². The molecule has 0 aliphatic carbocycles. The third-order valence-corrected chi connectivity index (χ3v) is 11.7. The van der Waals surface area contributed by atoms with Crippen LogP contribution in [0.5, 0.6) is 0 Å². The fourth-order valence-corrected chi connectivity index (χ4v) is 8.74. The maximum atomic E-state index is 13.5. The van der Waals surface area contributed by atoms with E-state index in [0.717, 1.165) is 36.1 Å². The van der Waals surface area contributed by atoms with E-state index in [4.69, 9.17) is 9.72 Å². The number of azo groups is 1. The lowest BCUT2D eigenvalue weighted by molar-refractivity contribution is -0.119. The number of aromatic nitrogens is 4. The molecule has 2 aromatic carbocycles. The Hall–Kier alpha value is -4.97. The van der Waals surface area contributed by atoms with Crippen LogP contribution in [0.25, 0.3) is 27.6 Å². The summed E-state index contributed by atoms with van der Waals surface area (Å²) >= 11 is 4.43. The molecule has 4 N–H and O–H groups in total. The third-order valence-electron chi connectivity index (χ3n) is 8.68. The predicted octanol–water partition coefficient (Wildman–Crippen LogP) is 6.22. The molecule has 2 aliphatic rings. The number of carbonyl (C=O) groups is 3. The van der Waals surface area contributed by atoms with Gasteiger partial charge in [0.1, 0.15) is 12.5 Å². The van der Waals surface area contributed by atoms with Gasteiger partial charge in [0.15, 0.2) is 5.69 Å². The lowest BCUT2D eigenvalue weighted by Crippen LogP contribution is -2.37. The molecule has 3 unspecified atom stereocenters. The number of amides is 3. The first kappa shape index (κ1) is 35.4. The van der Waals surface area contributed by atoms with Crippen molar-refractivity contribution in [3.8, 4) is 27.6 Å². The lowest BCUT2D eigenvalue weighted by atomic mass is 10.0. The molecular formula is C35H35N9O5S3. The number of carbonyl (C=O) groups excluding carboxylic acids is 3. The Labute approximate surface area is 310 Å². The molecule has 3 amide bonds. The van der Waals surface area contributed by atoms with E-state index in [1.54, 1.807) is 35.8 Å². The molecule has 3 atom stereocenters. The maximum Gasteiger partial charge on any atom is 0.315 e. The minimum Gasteiger partial charge on any atom is -0.361 e. The molecule has 52 heavy (non-hydrogen) atoms. The Morgan fingerprint density at radius 1 is 0.981 bits per heavy atom. The molecule has 7 rings (SSSR count). The molecule has 5 heterocycles. The average molecular weight is 758 g/mol. The van der Waals surface area contributed by atoms with Gasteiger partial charge < -0.3 is 20.7 Å². The van der Waals surface area contributed by atoms with E-state index in [9.17, 15) is 19.2 Å². The van der Waals surface area contributed by atoms with E-state index in [1.165, 1.54) is 27.4 Å². The number of unbranched alkanes of at least 4 members (excludes halogenated alkanes) is 1. The van der Waals surface area contributed by atoms with Gasteiger partial charge in [0, 0.05) is 64.1 Å². The number of nitrogens with one attached hydrogen (secondary N) is 4. The van der Waals surface area contributed by atoms with Gasteiger partial charge in [0.05, 0.1) is 23.5 Å². The summed E-state index contributed by atoms with van der Waals surface area (Å²) in [6, 6.07) is 16.6. The summed E-state index contributed by atoms with van der Waals surface area (Å²) in [7, 11) is 0. The average Bonchev–Trinajstić information content (AvgIpc) is 4.01. The maximum absolute atomic E-state index is 13.5. The molecule has 268 valence electrons. The molecule has 2 saturated heterocycles. The number of fused-ring (bicyclic) bond motifs is 1.